The van der Waals surface area contributed by atoms with Crippen LogP contribution in [-0.4, -0.2) is 38.3 Å². The second-order valence-corrected chi connectivity index (χ2v) is 6.52. The van der Waals surface area contributed by atoms with E-state index in [0.717, 1.165) is 16.7 Å². The quantitative estimate of drug-likeness (QED) is 0.216. The normalized spacial score (nSPS) is 11.8. The second kappa shape index (κ2) is 12.1. The molecule has 0 radical (unpaired) electrons. The van der Waals surface area contributed by atoms with Crippen LogP contribution < -0.4 is 20.1 Å². The third-order valence-electron chi connectivity index (χ3n) is 3.63. The fraction of sp³-hybridized carbons (Fsp3) is 0.412. The fourth-order valence-corrected chi connectivity index (χ4v) is 3.08. The molecule has 0 aliphatic rings. The number of nitrogens with zero attached hydrogens (tertiary/aromatic N) is 2. The molecule has 6 nitrogen and oxygen atoms in total. The molecule has 0 fully saturated rings. The molecule has 2 rings (SSSR count). The van der Waals surface area contributed by atoms with E-state index in [1.54, 1.807) is 6.07 Å². The zero-order valence-corrected chi connectivity index (χ0v) is 19.1. The van der Waals surface area contributed by atoms with Gasteiger partial charge in [-0.1, -0.05) is 0 Å². The standard InChI is InChI=1S/C17H19F5N4O2S.HI/c1-23-16(24-6-5-14-26-13(9-29-14)17(20,21)22)25-8-10-7-11(27-2)3-4-12(10)28-15(18)19;/h3-4,7,9,15H,5-6,8H2,1-2H3,(H2,23,24,25);1H. The van der Waals surface area contributed by atoms with E-state index in [4.69, 9.17) is 4.74 Å². The van der Waals surface area contributed by atoms with Crippen LogP contribution in [-0.2, 0) is 19.1 Å². The highest BCUT2D eigenvalue weighted by molar-refractivity contribution is 14.0. The zero-order chi connectivity index (χ0) is 21.4. The lowest BCUT2D eigenvalue weighted by atomic mass is 10.2. The van der Waals surface area contributed by atoms with Gasteiger partial charge < -0.3 is 20.1 Å². The topological polar surface area (TPSA) is 67.8 Å². The average molecular weight is 566 g/mol. The molecule has 0 spiro atoms. The summed E-state index contributed by atoms with van der Waals surface area (Å²) in [6, 6.07) is 4.42. The maximum atomic E-state index is 12.6. The van der Waals surface area contributed by atoms with Crippen LogP contribution >= 0.6 is 35.3 Å². The number of alkyl halides is 5. The summed E-state index contributed by atoms with van der Waals surface area (Å²) < 4.78 is 72.4. The van der Waals surface area contributed by atoms with Gasteiger partial charge in [-0.15, -0.1) is 35.3 Å². The number of methoxy groups -OCH3 is 1. The van der Waals surface area contributed by atoms with Crippen molar-refractivity contribution >= 4 is 41.3 Å². The summed E-state index contributed by atoms with van der Waals surface area (Å²) in [5, 5.41) is 7.16. The summed E-state index contributed by atoms with van der Waals surface area (Å²) in [6.45, 7) is -2.59. The first-order valence-electron chi connectivity index (χ1n) is 8.30. The van der Waals surface area contributed by atoms with Crippen LogP contribution in [0.15, 0.2) is 28.6 Å². The third kappa shape index (κ3) is 8.08. The number of rotatable bonds is 8. The molecule has 2 aromatic rings. The number of aliphatic imine (C=N–C) groups is 1. The van der Waals surface area contributed by atoms with Gasteiger partial charge in [-0.05, 0) is 18.2 Å². The first-order valence-corrected chi connectivity index (χ1v) is 9.18. The summed E-state index contributed by atoms with van der Waals surface area (Å²) in [7, 11) is 2.95. The summed E-state index contributed by atoms with van der Waals surface area (Å²) in [5.74, 6) is 0.797. The Bertz CT molecular complexity index is 833. The van der Waals surface area contributed by atoms with Gasteiger partial charge >= 0.3 is 12.8 Å². The van der Waals surface area contributed by atoms with Crippen LogP contribution in [0.4, 0.5) is 22.0 Å². The molecule has 1 aromatic heterocycles. The van der Waals surface area contributed by atoms with Crippen LogP contribution in [0.3, 0.4) is 0 Å². The summed E-state index contributed by atoms with van der Waals surface area (Å²) in [5.41, 5.74) is -0.494. The van der Waals surface area contributed by atoms with Crippen LogP contribution in [0, 0.1) is 0 Å². The van der Waals surface area contributed by atoms with E-state index in [-0.39, 0.29) is 49.2 Å². The zero-order valence-electron chi connectivity index (χ0n) is 15.9. The number of aromatic nitrogens is 1. The number of hydrogen-bond donors (Lipinski definition) is 2. The molecule has 1 heterocycles. The smallest absolute Gasteiger partial charge is 0.434 e. The van der Waals surface area contributed by atoms with Crippen molar-refractivity contribution in [3.8, 4) is 11.5 Å². The molecule has 13 heteroatoms. The first kappa shape index (κ1) is 26.1. The van der Waals surface area contributed by atoms with Crippen molar-refractivity contribution in [3.63, 3.8) is 0 Å². The lowest BCUT2D eigenvalue weighted by Gasteiger charge is -2.15. The van der Waals surface area contributed by atoms with E-state index in [0.29, 0.717) is 22.3 Å². The van der Waals surface area contributed by atoms with Crippen molar-refractivity contribution < 1.29 is 31.4 Å². The molecular formula is C17H20F5IN4O2S. The average Bonchev–Trinajstić information content (AvgIpc) is 3.14. The molecule has 0 aliphatic heterocycles. The van der Waals surface area contributed by atoms with Gasteiger partial charge in [-0.25, -0.2) is 4.98 Å². The highest BCUT2D eigenvalue weighted by Crippen LogP contribution is 2.30. The highest BCUT2D eigenvalue weighted by atomic mass is 127. The van der Waals surface area contributed by atoms with Crippen molar-refractivity contribution in [1.82, 2.24) is 15.6 Å². The number of guanidine groups is 1. The van der Waals surface area contributed by atoms with Gasteiger partial charge in [-0.2, -0.15) is 22.0 Å². The summed E-state index contributed by atoms with van der Waals surface area (Å²) in [6.07, 6.45) is -4.20. The van der Waals surface area contributed by atoms with Crippen molar-refractivity contribution in [1.29, 1.82) is 0 Å². The van der Waals surface area contributed by atoms with Crippen LogP contribution in [0.25, 0.3) is 0 Å². The fourth-order valence-electron chi connectivity index (χ4n) is 2.28. The van der Waals surface area contributed by atoms with Crippen LogP contribution in [0.5, 0.6) is 11.5 Å². The molecule has 0 saturated carbocycles. The van der Waals surface area contributed by atoms with Gasteiger partial charge in [0.1, 0.15) is 11.5 Å². The molecule has 1 aromatic carbocycles. The van der Waals surface area contributed by atoms with E-state index in [9.17, 15) is 22.0 Å². The minimum atomic E-state index is -4.46. The Hall–Kier alpha value is -1.90. The molecule has 0 saturated heterocycles. The lowest BCUT2D eigenvalue weighted by molar-refractivity contribution is -0.140. The van der Waals surface area contributed by atoms with Crippen LogP contribution in [0.2, 0.25) is 0 Å². The molecular weight excluding hydrogens is 546 g/mol. The molecule has 30 heavy (non-hydrogen) atoms. The van der Waals surface area contributed by atoms with E-state index in [1.807, 2.05) is 0 Å². The van der Waals surface area contributed by atoms with E-state index >= 15 is 0 Å². The van der Waals surface area contributed by atoms with E-state index < -0.39 is 18.5 Å². The van der Waals surface area contributed by atoms with Crippen molar-refractivity contribution in [3.05, 3.63) is 39.8 Å². The van der Waals surface area contributed by atoms with E-state index in [1.165, 1.54) is 26.3 Å². The largest absolute Gasteiger partial charge is 0.497 e. The number of hydrogen-bond acceptors (Lipinski definition) is 5. The Balaban J connectivity index is 0.00000450. The molecule has 0 unspecified atom stereocenters. The van der Waals surface area contributed by atoms with Gasteiger partial charge in [0, 0.05) is 37.5 Å². The number of thiazole rings is 1. The number of nitrogens with one attached hydrogen (secondary N) is 2. The summed E-state index contributed by atoms with van der Waals surface area (Å²) in [4.78, 5) is 7.54. The third-order valence-corrected chi connectivity index (χ3v) is 4.54. The second-order valence-electron chi connectivity index (χ2n) is 5.58. The minimum Gasteiger partial charge on any atom is -0.497 e. The van der Waals surface area contributed by atoms with Gasteiger partial charge in [0.25, 0.3) is 0 Å². The van der Waals surface area contributed by atoms with E-state index in [2.05, 4.69) is 25.3 Å². The number of ether oxygens (including phenoxy) is 2. The van der Waals surface area contributed by atoms with Gasteiger partial charge in [0.2, 0.25) is 0 Å². The van der Waals surface area contributed by atoms with Gasteiger partial charge in [-0.3, -0.25) is 4.99 Å². The molecule has 0 amide bonds. The SMILES string of the molecule is CN=C(NCCc1nc(C(F)(F)F)cs1)NCc1cc(OC)ccc1OC(F)F.I. The maximum Gasteiger partial charge on any atom is 0.434 e. The van der Waals surface area contributed by atoms with Gasteiger partial charge in [0.15, 0.2) is 11.7 Å². The minimum absolute atomic E-state index is 0. The molecule has 0 atom stereocenters. The first-order chi connectivity index (χ1) is 13.7. The Labute approximate surface area is 190 Å². The Morgan fingerprint density at radius 2 is 2.00 bits per heavy atom. The highest BCUT2D eigenvalue weighted by Gasteiger charge is 2.33. The Kier molecular flexibility index (Phi) is 10.5. The Morgan fingerprint density at radius 1 is 1.27 bits per heavy atom. The lowest BCUT2D eigenvalue weighted by Crippen LogP contribution is -2.38. The van der Waals surface area contributed by atoms with Crippen molar-refractivity contribution in [2.75, 3.05) is 20.7 Å². The monoisotopic (exact) mass is 566 g/mol. The number of halogens is 6. The van der Waals surface area contributed by atoms with Gasteiger partial charge in [0.05, 0.1) is 12.1 Å². The number of benzene rings is 1. The Morgan fingerprint density at radius 3 is 2.57 bits per heavy atom. The molecule has 0 bridgehead atoms. The molecule has 0 aliphatic carbocycles. The molecule has 168 valence electrons. The maximum absolute atomic E-state index is 12.6. The van der Waals surface area contributed by atoms with Crippen molar-refractivity contribution in [2.24, 2.45) is 4.99 Å². The predicted molar refractivity (Wildman–Crippen MR) is 114 cm³/mol. The summed E-state index contributed by atoms with van der Waals surface area (Å²) >= 11 is 0.925. The van der Waals surface area contributed by atoms with Crippen molar-refractivity contribution in [2.45, 2.75) is 25.8 Å². The predicted octanol–water partition coefficient (Wildman–Crippen LogP) is 4.30. The van der Waals surface area contributed by atoms with Crippen LogP contribution in [0.1, 0.15) is 16.3 Å². The molecule has 2 N–H and O–H groups in total.